The van der Waals surface area contributed by atoms with Gasteiger partial charge in [0.1, 0.15) is 6.07 Å². The van der Waals surface area contributed by atoms with Gasteiger partial charge in [-0.15, -0.1) is 0 Å². The van der Waals surface area contributed by atoms with Crippen molar-refractivity contribution in [2.75, 3.05) is 11.9 Å². The van der Waals surface area contributed by atoms with Gasteiger partial charge < -0.3 is 10.4 Å². The smallest absolute Gasteiger partial charge is 0.103 e. The van der Waals surface area contributed by atoms with E-state index in [2.05, 4.69) is 11.4 Å². The second-order valence-electron chi connectivity index (χ2n) is 4.15. The molecule has 1 aromatic rings. The number of aliphatic hydroxyl groups excluding tert-OH is 1. The number of nitrogens with zero attached hydrogens (tertiary/aromatic N) is 1. The summed E-state index contributed by atoms with van der Waals surface area (Å²) in [6.45, 7) is 0.784. The Morgan fingerprint density at radius 1 is 1.50 bits per heavy atom. The normalized spacial score (nSPS) is 23.3. The van der Waals surface area contributed by atoms with Gasteiger partial charge in [0.25, 0.3) is 0 Å². The molecule has 0 heterocycles. The third-order valence-corrected chi connectivity index (χ3v) is 3.23. The first-order chi connectivity index (χ1) is 7.70. The molecule has 1 aliphatic rings. The molecule has 0 spiro atoms. The average molecular weight is 237 g/mol. The Kier molecular flexibility index (Phi) is 3.33. The zero-order chi connectivity index (χ0) is 11.5. The average Bonchev–Trinajstić information content (AvgIpc) is 2.23. The van der Waals surface area contributed by atoms with E-state index in [1.54, 1.807) is 6.07 Å². The van der Waals surface area contributed by atoms with Crippen LogP contribution in [0.4, 0.5) is 5.69 Å². The summed E-state index contributed by atoms with van der Waals surface area (Å²) in [6, 6.07) is 7.46. The fraction of sp³-hybridized carbons (Fsp3) is 0.417. The van der Waals surface area contributed by atoms with Crippen molar-refractivity contribution in [1.29, 1.82) is 5.26 Å². The molecule has 4 heteroatoms. The number of hydrogen-bond donors (Lipinski definition) is 2. The molecule has 2 rings (SSSR count). The van der Waals surface area contributed by atoms with Gasteiger partial charge in [-0.05, 0) is 30.9 Å². The molecular formula is C12H13ClN2O. The molecule has 84 valence electrons. The summed E-state index contributed by atoms with van der Waals surface area (Å²) in [6.07, 6.45) is 1.55. The largest absolute Gasteiger partial charge is 0.393 e. The number of aliphatic hydroxyl groups is 1. The van der Waals surface area contributed by atoms with E-state index in [0.29, 0.717) is 16.5 Å². The molecule has 3 nitrogen and oxygen atoms in total. The van der Waals surface area contributed by atoms with Crippen LogP contribution in [0.25, 0.3) is 0 Å². The lowest BCUT2D eigenvalue weighted by Crippen LogP contribution is -2.33. The van der Waals surface area contributed by atoms with Crippen LogP contribution in [-0.4, -0.2) is 17.8 Å². The summed E-state index contributed by atoms with van der Waals surface area (Å²) in [7, 11) is 0. The van der Waals surface area contributed by atoms with E-state index in [0.717, 1.165) is 25.1 Å². The number of rotatable bonds is 3. The molecule has 1 saturated carbocycles. The van der Waals surface area contributed by atoms with Crippen LogP contribution in [0.15, 0.2) is 18.2 Å². The molecule has 1 fully saturated rings. The summed E-state index contributed by atoms with van der Waals surface area (Å²) in [5, 5.41) is 21.8. The predicted octanol–water partition coefficient (Wildman–Crippen LogP) is 2.39. The summed E-state index contributed by atoms with van der Waals surface area (Å²) >= 11 is 5.91. The second-order valence-corrected chi connectivity index (χ2v) is 4.55. The van der Waals surface area contributed by atoms with Gasteiger partial charge in [0.15, 0.2) is 0 Å². The molecule has 0 radical (unpaired) electrons. The van der Waals surface area contributed by atoms with Crippen molar-refractivity contribution < 1.29 is 5.11 Å². The third-order valence-electron chi connectivity index (χ3n) is 2.92. The van der Waals surface area contributed by atoms with Gasteiger partial charge in [0, 0.05) is 6.54 Å². The van der Waals surface area contributed by atoms with Crippen molar-refractivity contribution in [3.63, 3.8) is 0 Å². The SMILES string of the molecule is N#Cc1c(Cl)cccc1NCC1CC(O)C1. The minimum absolute atomic E-state index is 0.137. The van der Waals surface area contributed by atoms with E-state index in [4.69, 9.17) is 22.0 Å². The van der Waals surface area contributed by atoms with Crippen LogP contribution < -0.4 is 5.32 Å². The maximum atomic E-state index is 9.16. The van der Waals surface area contributed by atoms with E-state index in [-0.39, 0.29) is 6.10 Å². The highest BCUT2D eigenvalue weighted by Gasteiger charge is 2.26. The van der Waals surface area contributed by atoms with Gasteiger partial charge in [0.05, 0.1) is 22.4 Å². The molecule has 0 bridgehead atoms. The third kappa shape index (κ3) is 2.29. The number of nitrogens with one attached hydrogen (secondary N) is 1. The Labute approximate surface area is 99.7 Å². The molecule has 0 atom stereocenters. The molecule has 0 aliphatic heterocycles. The molecule has 0 aromatic heterocycles. The van der Waals surface area contributed by atoms with Gasteiger partial charge in [-0.25, -0.2) is 0 Å². The standard InChI is InChI=1S/C12H13ClN2O/c13-11-2-1-3-12(10(11)6-14)15-7-8-4-9(16)5-8/h1-3,8-9,15-16H,4-5,7H2. The summed E-state index contributed by atoms with van der Waals surface area (Å²) in [5.74, 6) is 0.500. The highest BCUT2D eigenvalue weighted by Crippen LogP contribution is 2.29. The minimum atomic E-state index is -0.137. The lowest BCUT2D eigenvalue weighted by atomic mass is 9.82. The minimum Gasteiger partial charge on any atom is -0.393 e. The van der Waals surface area contributed by atoms with Crippen LogP contribution in [0.3, 0.4) is 0 Å². The number of anilines is 1. The van der Waals surface area contributed by atoms with E-state index in [1.165, 1.54) is 0 Å². The predicted molar refractivity (Wildman–Crippen MR) is 63.4 cm³/mol. The molecular weight excluding hydrogens is 224 g/mol. The first-order valence-electron chi connectivity index (χ1n) is 5.31. The van der Waals surface area contributed by atoms with Gasteiger partial charge in [-0.1, -0.05) is 17.7 Å². The second kappa shape index (κ2) is 4.73. The van der Waals surface area contributed by atoms with Crippen LogP contribution in [0.2, 0.25) is 5.02 Å². The molecule has 16 heavy (non-hydrogen) atoms. The Morgan fingerprint density at radius 2 is 2.25 bits per heavy atom. The molecule has 1 aliphatic carbocycles. The highest BCUT2D eigenvalue weighted by atomic mass is 35.5. The maximum absolute atomic E-state index is 9.16. The Bertz CT molecular complexity index is 422. The molecule has 1 aromatic carbocycles. The Morgan fingerprint density at radius 3 is 2.88 bits per heavy atom. The Hall–Kier alpha value is -1.24. The van der Waals surface area contributed by atoms with E-state index >= 15 is 0 Å². The van der Waals surface area contributed by atoms with Crippen molar-refractivity contribution in [1.82, 2.24) is 0 Å². The van der Waals surface area contributed by atoms with Crippen molar-refractivity contribution >= 4 is 17.3 Å². The van der Waals surface area contributed by atoms with Crippen LogP contribution in [0.5, 0.6) is 0 Å². The molecule has 0 amide bonds. The van der Waals surface area contributed by atoms with Crippen LogP contribution in [0, 0.1) is 17.2 Å². The zero-order valence-electron chi connectivity index (χ0n) is 8.78. The lowest BCUT2D eigenvalue weighted by molar-refractivity contribution is 0.0487. The van der Waals surface area contributed by atoms with Crippen molar-refractivity contribution in [2.24, 2.45) is 5.92 Å². The molecule has 2 N–H and O–H groups in total. The number of nitriles is 1. The number of halogens is 1. The van der Waals surface area contributed by atoms with Crippen molar-refractivity contribution in [3.8, 4) is 6.07 Å². The van der Waals surface area contributed by atoms with E-state index in [9.17, 15) is 0 Å². The lowest BCUT2D eigenvalue weighted by Gasteiger charge is -2.31. The quantitative estimate of drug-likeness (QED) is 0.847. The number of hydrogen-bond acceptors (Lipinski definition) is 3. The first-order valence-corrected chi connectivity index (χ1v) is 5.69. The van der Waals surface area contributed by atoms with Crippen molar-refractivity contribution in [2.45, 2.75) is 18.9 Å². The van der Waals surface area contributed by atoms with Crippen LogP contribution in [0.1, 0.15) is 18.4 Å². The summed E-state index contributed by atoms with van der Waals surface area (Å²) in [5.41, 5.74) is 1.26. The van der Waals surface area contributed by atoms with E-state index in [1.807, 2.05) is 12.1 Å². The fourth-order valence-corrected chi connectivity index (χ4v) is 2.12. The number of benzene rings is 1. The highest BCUT2D eigenvalue weighted by molar-refractivity contribution is 6.32. The molecule has 0 unspecified atom stereocenters. The first kappa shape index (κ1) is 11.3. The Balaban J connectivity index is 1.99. The van der Waals surface area contributed by atoms with Gasteiger partial charge in [-0.2, -0.15) is 5.26 Å². The van der Waals surface area contributed by atoms with Crippen molar-refractivity contribution in [3.05, 3.63) is 28.8 Å². The topological polar surface area (TPSA) is 56.0 Å². The van der Waals surface area contributed by atoms with Crippen LogP contribution in [-0.2, 0) is 0 Å². The summed E-state index contributed by atoms with van der Waals surface area (Å²) < 4.78 is 0. The monoisotopic (exact) mass is 236 g/mol. The van der Waals surface area contributed by atoms with E-state index < -0.39 is 0 Å². The van der Waals surface area contributed by atoms with Gasteiger partial charge in [-0.3, -0.25) is 0 Å². The molecule has 0 saturated heterocycles. The van der Waals surface area contributed by atoms with Crippen LogP contribution >= 0.6 is 11.6 Å². The maximum Gasteiger partial charge on any atom is 0.103 e. The van der Waals surface area contributed by atoms with Gasteiger partial charge in [0.2, 0.25) is 0 Å². The van der Waals surface area contributed by atoms with Gasteiger partial charge >= 0.3 is 0 Å². The zero-order valence-corrected chi connectivity index (χ0v) is 9.54. The summed E-state index contributed by atoms with van der Waals surface area (Å²) in [4.78, 5) is 0. The fourth-order valence-electron chi connectivity index (χ4n) is 1.91.